The minimum atomic E-state index is -0.302. The number of halogens is 2. The highest BCUT2D eigenvalue weighted by atomic mass is 127. The van der Waals surface area contributed by atoms with Crippen LogP contribution in [0.25, 0.3) is 11.4 Å². The summed E-state index contributed by atoms with van der Waals surface area (Å²) in [5, 5.41) is 14.7. The van der Waals surface area contributed by atoms with Crippen molar-refractivity contribution in [3.8, 4) is 11.4 Å². The second-order valence-electron chi connectivity index (χ2n) is 6.48. The van der Waals surface area contributed by atoms with E-state index in [1.165, 1.54) is 16.8 Å². The number of aromatic nitrogens is 4. The van der Waals surface area contributed by atoms with E-state index in [-0.39, 0.29) is 30.2 Å². The molecule has 0 fully saturated rings. The number of carbonyl (C=O) groups excluding carboxylic acids is 1. The molecule has 0 saturated carbocycles. The van der Waals surface area contributed by atoms with Gasteiger partial charge >= 0.3 is 0 Å². The van der Waals surface area contributed by atoms with Gasteiger partial charge in [0.25, 0.3) is 0 Å². The zero-order valence-electron chi connectivity index (χ0n) is 14.9. The third-order valence-electron chi connectivity index (χ3n) is 4.15. The number of amides is 1. The molecule has 6 nitrogen and oxygen atoms in total. The van der Waals surface area contributed by atoms with E-state index in [2.05, 4.69) is 43.4 Å². The molecule has 1 atom stereocenters. The molecular weight excluding hydrogens is 460 g/mol. The van der Waals surface area contributed by atoms with Crippen LogP contribution in [0.1, 0.15) is 25.5 Å². The van der Waals surface area contributed by atoms with Gasteiger partial charge in [0.15, 0.2) is 5.82 Å². The van der Waals surface area contributed by atoms with Gasteiger partial charge in [-0.2, -0.15) is 0 Å². The highest BCUT2D eigenvalue weighted by molar-refractivity contribution is 14.1. The van der Waals surface area contributed by atoms with Crippen molar-refractivity contribution in [2.24, 2.45) is 5.92 Å². The summed E-state index contributed by atoms with van der Waals surface area (Å²) in [5.41, 5.74) is 1.73. The van der Waals surface area contributed by atoms with Crippen molar-refractivity contribution in [2.75, 3.05) is 0 Å². The lowest BCUT2D eigenvalue weighted by molar-refractivity contribution is -0.122. The summed E-state index contributed by atoms with van der Waals surface area (Å²) in [7, 11) is 0. The first-order valence-corrected chi connectivity index (χ1v) is 9.59. The van der Waals surface area contributed by atoms with E-state index in [0.29, 0.717) is 5.82 Å². The smallest absolute Gasteiger partial charge is 0.242 e. The molecule has 0 aliphatic carbocycles. The summed E-state index contributed by atoms with van der Waals surface area (Å²) in [4.78, 5) is 12.6. The molecule has 8 heteroatoms. The van der Waals surface area contributed by atoms with Crippen LogP contribution in [-0.4, -0.2) is 26.1 Å². The Morgan fingerprint density at radius 3 is 2.56 bits per heavy atom. The van der Waals surface area contributed by atoms with Crippen LogP contribution in [0.15, 0.2) is 48.5 Å². The average Bonchev–Trinajstić information content (AvgIpc) is 3.08. The van der Waals surface area contributed by atoms with Crippen LogP contribution < -0.4 is 5.32 Å². The zero-order valence-corrected chi connectivity index (χ0v) is 17.1. The highest BCUT2D eigenvalue weighted by Crippen LogP contribution is 2.24. The quantitative estimate of drug-likeness (QED) is 0.549. The van der Waals surface area contributed by atoms with Gasteiger partial charge in [0.1, 0.15) is 12.4 Å². The van der Waals surface area contributed by atoms with Crippen LogP contribution in [-0.2, 0) is 11.3 Å². The lowest BCUT2D eigenvalue weighted by Crippen LogP contribution is -2.34. The zero-order chi connectivity index (χ0) is 19.4. The molecule has 27 heavy (non-hydrogen) atoms. The van der Waals surface area contributed by atoms with Crippen molar-refractivity contribution in [1.29, 1.82) is 0 Å². The predicted molar refractivity (Wildman–Crippen MR) is 108 cm³/mol. The van der Waals surface area contributed by atoms with Gasteiger partial charge in [0.05, 0.1) is 6.04 Å². The standard InChI is InChI=1S/C19H19FIN5O/c1-12(2)18(13-7-9-14(20)10-8-13)22-17(27)11-26-19(23-24-25-26)15-5-3-4-6-16(15)21/h3-10,12,18H,11H2,1-2H3,(H,22,27)/t18-/m0/s1. The molecule has 2 aromatic carbocycles. The molecule has 1 N–H and O–H groups in total. The number of nitrogens with zero attached hydrogens (tertiary/aromatic N) is 4. The van der Waals surface area contributed by atoms with Gasteiger partial charge in [0.2, 0.25) is 5.91 Å². The van der Waals surface area contributed by atoms with E-state index in [1.54, 1.807) is 12.1 Å². The van der Waals surface area contributed by atoms with Crippen LogP contribution in [0.4, 0.5) is 4.39 Å². The molecule has 3 rings (SSSR count). The number of tetrazole rings is 1. The van der Waals surface area contributed by atoms with Gasteiger partial charge in [-0.15, -0.1) is 5.10 Å². The second-order valence-corrected chi connectivity index (χ2v) is 7.64. The number of rotatable bonds is 6. The van der Waals surface area contributed by atoms with Crippen LogP contribution >= 0.6 is 22.6 Å². The van der Waals surface area contributed by atoms with Crippen LogP contribution in [0, 0.1) is 15.3 Å². The lowest BCUT2D eigenvalue weighted by atomic mass is 9.96. The largest absolute Gasteiger partial charge is 0.347 e. The molecule has 140 valence electrons. The van der Waals surface area contributed by atoms with Gasteiger partial charge in [0, 0.05) is 9.13 Å². The number of nitrogens with one attached hydrogen (secondary N) is 1. The molecular formula is C19H19FIN5O. The fourth-order valence-corrected chi connectivity index (χ4v) is 3.44. The maximum Gasteiger partial charge on any atom is 0.242 e. The third-order valence-corrected chi connectivity index (χ3v) is 5.09. The van der Waals surface area contributed by atoms with E-state index < -0.39 is 0 Å². The molecule has 0 bridgehead atoms. The number of hydrogen-bond donors (Lipinski definition) is 1. The Labute approximate surface area is 170 Å². The van der Waals surface area contributed by atoms with Crippen LogP contribution in [0.5, 0.6) is 0 Å². The maximum absolute atomic E-state index is 13.2. The first kappa shape index (κ1) is 19.4. The molecule has 0 unspecified atom stereocenters. The van der Waals surface area contributed by atoms with Crippen molar-refractivity contribution >= 4 is 28.5 Å². The SMILES string of the molecule is CC(C)[C@H](NC(=O)Cn1nnnc1-c1ccccc1I)c1ccc(F)cc1. The summed E-state index contributed by atoms with van der Waals surface area (Å²) in [5.74, 6) is 0.168. The topological polar surface area (TPSA) is 72.7 Å². The lowest BCUT2D eigenvalue weighted by Gasteiger charge is -2.23. The van der Waals surface area contributed by atoms with Crippen molar-refractivity contribution in [1.82, 2.24) is 25.5 Å². The minimum absolute atomic E-state index is 0.00226. The number of carbonyl (C=O) groups is 1. The number of benzene rings is 2. The molecule has 3 aromatic rings. The fourth-order valence-electron chi connectivity index (χ4n) is 2.81. The molecule has 0 spiro atoms. The Kier molecular flexibility index (Phi) is 6.15. The summed E-state index contributed by atoms with van der Waals surface area (Å²) in [6.45, 7) is 4.00. The first-order valence-electron chi connectivity index (χ1n) is 8.51. The summed E-state index contributed by atoms with van der Waals surface area (Å²) in [6.07, 6.45) is 0. The van der Waals surface area contributed by atoms with Crippen LogP contribution in [0.2, 0.25) is 0 Å². The number of hydrogen-bond acceptors (Lipinski definition) is 4. The van der Waals surface area contributed by atoms with Crippen LogP contribution in [0.3, 0.4) is 0 Å². The van der Waals surface area contributed by atoms with Crippen molar-refractivity contribution in [3.63, 3.8) is 0 Å². The van der Waals surface area contributed by atoms with E-state index >= 15 is 0 Å². The molecule has 0 saturated heterocycles. The molecule has 1 aromatic heterocycles. The Bertz CT molecular complexity index is 926. The van der Waals surface area contributed by atoms with Crippen molar-refractivity contribution in [3.05, 3.63) is 63.5 Å². The Balaban J connectivity index is 1.77. The van der Waals surface area contributed by atoms with E-state index in [9.17, 15) is 9.18 Å². The highest BCUT2D eigenvalue weighted by Gasteiger charge is 2.20. The summed E-state index contributed by atoms with van der Waals surface area (Å²) >= 11 is 2.21. The van der Waals surface area contributed by atoms with Gasteiger partial charge in [-0.25, -0.2) is 9.07 Å². The molecule has 1 amide bonds. The molecule has 0 aliphatic heterocycles. The second kappa shape index (κ2) is 8.55. The Morgan fingerprint density at radius 2 is 1.89 bits per heavy atom. The minimum Gasteiger partial charge on any atom is -0.347 e. The predicted octanol–water partition coefficient (Wildman–Crippen LogP) is 3.60. The van der Waals surface area contributed by atoms with E-state index in [0.717, 1.165) is 14.7 Å². The van der Waals surface area contributed by atoms with Gasteiger partial charge in [-0.1, -0.05) is 44.2 Å². The summed E-state index contributed by atoms with van der Waals surface area (Å²) < 4.78 is 15.7. The van der Waals surface area contributed by atoms with Gasteiger partial charge in [-0.3, -0.25) is 4.79 Å². The maximum atomic E-state index is 13.2. The fraction of sp³-hybridized carbons (Fsp3) is 0.263. The first-order chi connectivity index (χ1) is 13.0. The van der Waals surface area contributed by atoms with Crippen molar-refractivity contribution in [2.45, 2.75) is 26.4 Å². The molecule has 0 aliphatic rings. The Hall–Kier alpha value is -2.36. The van der Waals surface area contributed by atoms with E-state index in [1.807, 2.05) is 38.1 Å². The summed E-state index contributed by atoms with van der Waals surface area (Å²) in [6, 6.07) is 13.7. The van der Waals surface area contributed by atoms with Gasteiger partial charge < -0.3 is 5.32 Å². The van der Waals surface area contributed by atoms with Gasteiger partial charge in [-0.05, 0) is 62.7 Å². The molecule has 1 heterocycles. The molecule has 0 radical (unpaired) electrons. The van der Waals surface area contributed by atoms with E-state index in [4.69, 9.17) is 0 Å². The monoisotopic (exact) mass is 479 g/mol. The van der Waals surface area contributed by atoms with Crippen molar-refractivity contribution < 1.29 is 9.18 Å². The normalized spacial score (nSPS) is 12.2. The average molecular weight is 479 g/mol. The Morgan fingerprint density at radius 1 is 1.19 bits per heavy atom. The third kappa shape index (κ3) is 4.68.